The molecule has 1 aliphatic rings. The summed E-state index contributed by atoms with van der Waals surface area (Å²) in [6, 6.07) is 21.9. The molecule has 0 radical (unpaired) electrons. The molecule has 1 atom stereocenters. The Bertz CT molecular complexity index is 1330. The molecule has 7 heteroatoms. The average molecular weight is 472 g/mol. The SMILES string of the molecule is COc1ccc(C[C@H](Cc2ccc3c(c2)OCO3)NC(=O)CCn2c(C)nc3ccccc32)cc1. The van der Waals surface area contributed by atoms with Crippen molar-refractivity contribution in [3.05, 3.63) is 83.7 Å². The molecule has 0 aliphatic carbocycles. The highest BCUT2D eigenvalue weighted by Gasteiger charge is 2.18. The fraction of sp³-hybridized carbons (Fsp3) is 0.286. The molecule has 35 heavy (non-hydrogen) atoms. The summed E-state index contributed by atoms with van der Waals surface area (Å²) in [4.78, 5) is 17.7. The van der Waals surface area contributed by atoms with E-state index in [1.807, 2.05) is 73.7 Å². The predicted molar refractivity (Wildman–Crippen MR) is 134 cm³/mol. The Labute approximate surface area is 204 Å². The Morgan fingerprint density at radius 3 is 2.60 bits per heavy atom. The number of fused-ring (bicyclic) bond motifs is 2. The number of benzene rings is 3. The lowest BCUT2D eigenvalue weighted by Gasteiger charge is -2.20. The van der Waals surface area contributed by atoms with E-state index in [1.54, 1.807) is 7.11 Å². The minimum atomic E-state index is -0.0723. The first-order chi connectivity index (χ1) is 17.1. The van der Waals surface area contributed by atoms with E-state index in [0.29, 0.717) is 25.8 Å². The standard InChI is InChI=1S/C28H29N3O4/c1-19-29-24-5-3-4-6-25(24)31(19)14-13-28(32)30-22(15-20-7-10-23(33-2)11-8-20)16-21-9-12-26-27(17-21)35-18-34-26/h3-12,17,22H,13-16,18H2,1-2H3,(H,30,32)/t22-/m1/s1. The topological polar surface area (TPSA) is 74.6 Å². The van der Waals surface area contributed by atoms with Crippen molar-refractivity contribution < 1.29 is 19.0 Å². The molecule has 0 spiro atoms. The van der Waals surface area contributed by atoms with Crippen LogP contribution in [0.25, 0.3) is 11.0 Å². The highest BCUT2D eigenvalue weighted by atomic mass is 16.7. The van der Waals surface area contributed by atoms with Crippen LogP contribution in [-0.2, 0) is 24.2 Å². The Balaban J connectivity index is 1.29. The summed E-state index contributed by atoms with van der Waals surface area (Å²) in [5.41, 5.74) is 4.22. The van der Waals surface area contributed by atoms with Crippen molar-refractivity contribution in [2.45, 2.75) is 38.8 Å². The van der Waals surface area contributed by atoms with Crippen molar-refractivity contribution in [3.63, 3.8) is 0 Å². The number of nitrogens with one attached hydrogen (secondary N) is 1. The Hall–Kier alpha value is -4.00. The molecular formula is C28H29N3O4. The van der Waals surface area contributed by atoms with Gasteiger partial charge < -0.3 is 24.1 Å². The number of carbonyl (C=O) groups excluding carboxylic acids is 1. The van der Waals surface area contributed by atoms with Crippen LogP contribution in [0.5, 0.6) is 17.2 Å². The largest absolute Gasteiger partial charge is 0.497 e. The number of nitrogens with zero attached hydrogens (tertiary/aromatic N) is 2. The second-order valence-electron chi connectivity index (χ2n) is 8.76. The maximum absolute atomic E-state index is 13.1. The molecule has 1 aromatic heterocycles. The Morgan fingerprint density at radius 2 is 1.77 bits per heavy atom. The number of carbonyl (C=O) groups is 1. The van der Waals surface area contributed by atoms with Crippen LogP contribution in [0, 0.1) is 6.92 Å². The normalized spacial score (nSPS) is 13.1. The van der Waals surface area contributed by atoms with E-state index in [0.717, 1.165) is 45.2 Å². The molecule has 180 valence electrons. The lowest BCUT2D eigenvalue weighted by atomic mass is 9.98. The number of ether oxygens (including phenoxy) is 3. The zero-order valence-electron chi connectivity index (χ0n) is 20.0. The van der Waals surface area contributed by atoms with E-state index >= 15 is 0 Å². The summed E-state index contributed by atoms with van der Waals surface area (Å²) in [5, 5.41) is 3.26. The van der Waals surface area contributed by atoms with E-state index in [-0.39, 0.29) is 18.7 Å². The zero-order chi connectivity index (χ0) is 24.2. The molecule has 0 saturated carbocycles. The summed E-state index contributed by atoms with van der Waals surface area (Å²) in [7, 11) is 1.66. The molecule has 1 N–H and O–H groups in total. The third-order valence-corrected chi connectivity index (χ3v) is 6.33. The van der Waals surface area contributed by atoms with Gasteiger partial charge in [-0.2, -0.15) is 0 Å². The van der Waals surface area contributed by atoms with Crippen LogP contribution >= 0.6 is 0 Å². The number of amides is 1. The van der Waals surface area contributed by atoms with Crippen LogP contribution in [0.2, 0.25) is 0 Å². The maximum Gasteiger partial charge on any atom is 0.231 e. The third kappa shape index (κ3) is 5.24. The molecule has 4 aromatic rings. The van der Waals surface area contributed by atoms with E-state index < -0.39 is 0 Å². The maximum atomic E-state index is 13.1. The Morgan fingerprint density at radius 1 is 1.03 bits per heavy atom. The minimum Gasteiger partial charge on any atom is -0.497 e. The van der Waals surface area contributed by atoms with E-state index in [1.165, 1.54) is 0 Å². The van der Waals surface area contributed by atoms with Gasteiger partial charge in [-0.05, 0) is 67.3 Å². The quantitative estimate of drug-likeness (QED) is 0.391. The zero-order valence-corrected chi connectivity index (χ0v) is 20.0. The second kappa shape index (κ2) is 10.1. The number of rotatable bonds is 9. The number of methoxy groups -OCH3 is 1. The first kappa shape index (κ1) is 22.8. The van der Waals surface area contributed by atoms with Gasteiger partial charge in [0.1, 0.15) is 11.6 Å². The van der Waals surface area contributed by atoms with Crippen LogP contribution in [0.4, 0.5) is 0 Å². The number of aryl methyl sites for hydroxylation is 2. The van der Waals surface area contributed by atoms with Gasteiger partial charge in [0, 0.05) is 19.0 Å². The number of imidazole rings is 1. The van der Waals surface area contributed by atoms with Gasteiger partial charge in [0.25, 0.3) is 0 Å². The molecule has 1 amide bonds. The lowest BCUT2D eigenvalue weighted by Crippen LogP contribution is -2.38. The molecule has 0 saturated heterocycles. The number of para-hydroxylation sites is 2. The van der Waals surface area contributed by atoms with Crippen molar-refractivity contribution >= 4 is 16.9 Å². The van der Waals surface area contributed by atoms with Crippen molar-refractivity contribution in [2.24, 2.45) is 0 Å². The second-order valence-corrected chi connectivity index (χ2v) is 8.76. The summed E-state index contributed by atoms with van der Waals surface area (Å²) < 4.78 is 18.4. The van der Waals surface area contributed by atoms with Gasteiger partial charge in [-0.3, -0.25) is 4.79 Å². The highest BCUT2D eigenvalue weighted by molar-refractivity contribution is 5.78. The van der Waals surface area contributed by atoms with Gasteiger partial charge in [-0.1, -0.05) is 30.3 Å². The van der Waals surface area contributed by atoms with Gasteiger partial charge in [0.05, 0.1) is 18.1 Å². The van der Waals surface area contributed by atoms with Crippen molar-refractivity contribution in [1.82, 2.24) is 14.9 Å². The molecular weight excluding hydrogens is 442 g/mol. The average Bonchev–Trinajstić information content (AvgIpc) is 3.46. The summed E-state index contributed by atoms with van der Waals surface area (Å²) in [6.45, 7) is 2.80. The Kier molecular flexibility index (Phi) is 6.57. The fourth-order valence-corrected chi connectivity index (χ4v) is 4.56. The number of hydrogen-bond acceptors (Lipinski definition) is 5. The first-order valence-electron chi connectivity index (χ1n) is 11.8. The first-order valence-corrected chi connectivity index (χ1v) is 11.8. The molecule has 2 heterocycles. The van der Waals surface area contributed by atoms with Gasteiger partial charge in [-0.25, -0.2) is 4.98 Å². The summed E-state index contributed by atoms with van der Waals surface area (Å²) in [5.74, 6) is 3.25. The van der Waals surface area contributed by atoms with Crippen LogP contribution in [0.3, 0.4) is 0 Å². The fourth-order valence-electron chi connectivity index (χ4n) is 4.56. The van der Waals surface area contributed by atoms with Crippen molar-refractivity contribution in [1.29, 1.82) is 0 Å². The molecule has 7 nitrogen and oxygen atoms in total. The van der Waals surface area contributed by atoms with Crippen LogP contribution < -0.4 is 19.5 Å². The van der Waals surface area contributed by atoms with E-state index in [9.17, 15) is 4.79 Å². The minimum absolute atomic E-state index is 0.0152. The molecule has 5 rings (SSSR count). The van der Waals surface area contributed by atoms with Gasteiger partial charge in [0.15, 0.2) is 11.5 Å². The van der Waals surface area contributed by atoms with Crippen molar-refractivity contribution in [3.8, 4) is 17.2 Å². The smallest absolute Gasteiger partial charge is 0.231 e. The third-order valence-electron chi connectivity index (χ3n) is 6.33. The van der Waals surface area contributed by atoms with Crippen LogP contribution in [0.15, 0.2) is 66.7 Å². The van der Waals surface area contributed by atoms with Gasteiger partial charge in [-0.15, -0.1) is 0 Å². The molecule has 1 aliphatic heterocycles. The molecule has 3 aromatic carbocycles. The number of aromatic nitrogens is 2. The monoisotopic (exact) mass is 471 g/mol. The molecule has 0 unspecified atom stereocenters. The molecule has 0 fully saturated rings. The highest BCUT2D eigenvalue weighted by Crippen LogP contribution is 2.33. The molecule has 0 bridgehead atoms. The predicted octanol–water partition coefficient (Wildman–Crippen LogP) is 4.44. The van der Waals surface area contributed by atoms with Crippen LogP contribution in [0.1, 0.15) is 23.4 Å². The van der Waals surface area contributed by atoms with Crippen molar-refractivity contribution in [2.75, 3.05) is 13.9 Å². The number of hydrogen-bond donors (Lipinski definition) is 1. The van der Waals surface area contributed by atoms with E-state index in [2.05, 4.69) is 14.9 Å². The van der Waals surface area contributed by atoms with E-state index in [4.69, 9.17) is 14.2 Å². The lowest BCUT2D eigenvalue weighted by molar-refractivity contribution is -0.122. The van der Waals surface area contributed by atoms with Gasteiger partial charge >= 0.3 is 0 Å². The summed E-state index contributed by atoms with van der Waals surface area (Å²) >= 11 is 0. The summed E-state index contributed by atoms with van der Waals surface area (Å²) in [6.07, 6.45) is 1.76. The van der Waals surface area contributed by atoms with Gasteiger partial charge in [0.2, 0.25) is 12.7 Å². The van der Waals surface area contributed by atoms with Crippen LogP contribution in [-0.4, -0.2) is 35.4 Å².